The quantitative estimate of drug-likeness (QED) is 0.633. The summed E-state index contributed by atoms with van der Waals surface area (Å²) in [7, 11) is 0. The molecule has 0 spiro atoms. The lowest BCUT2D eigenvalue weighted by Gasteiger charge is -2.15. The number of hydrogen-bond acceptors (Lipinski definition) is 4. The second-order valence-corrected chi connectivity index (χ2v) is 2.90. The van der Waals surface area contributed by atoms with Crippen LogP contribution in [0.5, 0.6) is 0 Å². The van der Waals surface area contributed by atoms with Crippen LogP contribution in [0, 0.1) is 0 Å². The maximum Gasteiger partial charge on any atom is 0.261 e. The first-order valence-electron chi connectivity index (χ1n) is 4.67. The Labute approximate surface area is 81.7 Å². The Morgan fingerprint density at radius 2 is 2.43 bits per heavy atom. The van der Waals surface area contributed by atoms with Crippen molar-refractivity contribution in [3.8, 4) is 0 Å². The zero-order chi connectivity index (χ0) is 10.2. The molecule has 2 N–H and O–H groups in total. The van der Waals surface area contributed by atoms with Gasteiger partial charge in [0.05, 0.1) is 6.61 Å². The van der Waals surface area contributed by atoms with Gasteiger partial charge in [0.2, 0.25) is 0 Å². The third kappa shape index (κ3) is 4.96. The van der Waals surface area contributed by atoms with E-state index in [1.54, 1.807) is 0 Å². The highest BCUT2D eigenvalue weighted by molar-refractivity contribution is 5.80. The zero-order valence-electron chi connectivity index (χ0n) is 7.93. The van der Waals surface area contributed by atoms with Crippen LogP contribution in [0.15, 0.2) is 4.99 Å². The first-order chi connectivity index (χ1) is 6.79. The Morgan fingerprint density at radius 1 is 1.57 bits per heavy atom. The molecule has 0 unspecified atom stereocenters. The molecular weight excluding hydrogens is 192 g/mol. The van der Waals surface area contributed by atoms with Crippen molar-refractivity contribution in [2.45, 2.75) is 12.8 Å². The number of ether oxygens (including phenoxy) is 1. The number of rotatable bonds is 5. The van der Waals surface area contributed by atoms with E-state index in [1.165, 1.54) is 0 Å². The Bertz CT molecular complexity index is 187. The van der Waals surface area contributed by atoms with E-state index in [0.717, 1.165) is 25.5 Å². The minimum Gasteiger partial charge on any atom is -0.374 e. The molecule has 0 bridgehead atoms. The van der Waals surface area contributed by atoms with Gasteiger partial charge in [-0.3, -0.25) is 4.99 Å². The molecule has 0 atom stereocenters. The first-order valence-corrected chi connectivity index (χ1v) is 4.67. The summed E-state index contributed by atoms with van der Waals surface area (Å²) in [6, 6.07) is 0. The van der Waals surface area contributed by atoms with Crippen LogP contribution in [-0.4, -0.2) is 45.2 Å². The van der Waals surface area contributed by atoms with Gasteiger partial charge in [0, 0.05) is 19.6 Å². The average molecular weight is 207 g/mol. The minimum absolute atomic E-state index is 0.269. The monoisotopic (exact) mass is 207 g/mol. The van der Waals surface area contributed by atoms with Gasteiger partial charge in [0.15, 0.2) is 5.96 Å². The van der Waals surface area contributed by atoms with Crippen molar-refractivity contribution in [2.75, 3.05) is 32.8 Å². The fraction of sp³-hybridized carbons (Fsp3) is 0.875. The summed E-state index contributed by atoms with van der Waals surface area (Å²) < 4.78 is 28.0. The summed E-state index contributed by atoms with van der Waals surface area (Å²) in [6.07, 6.45) is -1.35. The van der Waals surface area contributed by atoms with Crippen LogP contribution < -0.4 is 10.6 Å². The van der Waals surface area contributed by atoms with E-state index in [2.05, 4.69) is 15.6 Å². The van der Waals surface area contributed by atoms with Crippen molar-refractivity contribution in [1.82, 2.24) is 10.6 Å². The molecule has 1 rings (SSSR count). The molecule has 0 amide bonds. The highest BCUT2D eigenvalue weighted by Crippen LogP contribution is 1.91. The second-order valence-electron chi connectivity index (χ2n) is 2.90. The molecule has 1 aliphatic heterocycles. The summed E-state index contributed by atoms with van der Waals surface area (Å²) in [5.41, 5.74) is 0. The van der Waals surface area contributed by atoms with Gasteiger partial charge >= 0.3 is 0 Å². The van der Waals surface area contributed by atoms with Gasteiger partial charge in [-0.05, 0) is 6.42 Å². The molecule has 0 aliphatic carbocycles. The van der Waals surface area contributed by atoms with Gasteiger partial charge in [-0.15, -0.1) is 0 Å². The summed E-state index contributed by atoms with van der Waals surface area (Å²) >= 11 is 0. The molecule has 1 heterocycles. The van der Waals surface area contributed by atoms with E-state index in [4.69, 9.17) is 4.74 Å². The van der Waals surface area contributed by atoms with Crippen molar-refractivity contribution >= 4 is 5.96 Å². The fourth-order valence-corrected chi connectivity index (χ4v) is 1.07. The topological polar surface area (TPSA) is 45.6 Å². The summed E-state index contributed by atoms with van der Waals surface area (Å²) in [4.78, 5) is 4.15. The van der Waals surface area contributed by atoms with E-state index in [-0.39, 0.29) is 6.61 Å². The van der Waals surface area contributed by atoms with Crippen molar-refractivity contribution in [2.24, 2.45) is 4.99 Å². The van der Waals surface area contributed by atoms with Crippen LogP contribution in [-0.2, 0) is 4.74 Å². The number of alkyl halides is 2. The lowest BCUT2D eigenvalue weighted by Crippen LogP contribution is -2.42. The summed E-state index contributed by atoms with van der Waals surface area (Å²) in [5.74, 6) is 0.733. The Balaban J connectivity index is 1.95. The summed E-state index contributed by atoms with van der Waals surface area (Å²) in [6.45, 7) is 1.99. The number of halogens is 2. The van der Waals surface area contributed by atoms with Crippen LogP contribution in [0.25, 0.3) is 0 Å². The Morgan fingerprint density at radius 3 is 3.07 bits per heavy atom. The van der Waals surface area contributed by atoms with Crippen molar-refractivity contribution in [1.29, 1.82) is 0 Å². The Kier molecular flexibility index (Phi) is 5.21. The highest BCUT2D eigenvalue weighted by atomic mass is 19.3. The van der Waals surface area contributed by atoms with Gasteiger partial charge in [-0.25, -0.2) is 8.78 Å². The van der Waals surface area contributed by atoms with Gasteiger partial charge < -0.3 is 15.4 Å². The smallest absolute Gasteiger partial charge is 0.261 e. The highest BCUT2D eigenvalue weighted by Gasteiger charge is 2.03. The average Bonchev–Trinajstić information content (AvgIpc) is 2.18. The molecule has 0 fully saturated rings. The van der Waals surface area contributed by atoms with Crippen LogP contribution in [0.1, 0.15) is 6.42 Å². The third-order valence-electron chi connectivity index (χ3n) is 1.68. The number of nitrogens with zero attached hydrogens (tertiary/aromatic N) is 1. The predicted molar refractivity (Wildman–Crippen MR) is 49.7 cm³/mol. The van der Waals surface area contributed by atoms with Gasteiger partial charge in [-0.2, -0.15) is 0 Å². The molecule has 4 nitrogen and oxygen atoms in total. The fourth-order valence-electron chi connectivity index (χ4n) is 1.07. The van der Waals surface area contributed by atoms with E-state index in [0.29, 0.717) is 6.54 Å². The largest absolute Gasteiger partial charge is 0.374 e. The van der Waals surface area contributed by atoms with Crippen LogP contribution in [0.3, 0.4) is 0 Å². The zero-order valence-corrected chi connectivity index (χ0v) is 7.93. The second kappa shape index (κ2) is 6.53. The molecule has 0 aromatic rings. The standard InChI is InChI=1S/C8H15F2N3O/c9-7(10)6-14-5-4-13-8-11-2-1-3-12-8/h7H,1-6H2,(H2,11,12,13). The molecule has 82 valence electrons. The van der Waals surface area contributed by atoms with Gasteiger partial charge in [-0.1, -0.05) is 0 Å². The number of nitrogens with one attached hydrogen (secondary N) is 2. The lowest BCUT2D eigenvalue weighted by molar-refractivity contribution is 0.0196. The van der Waals surface area contributed by atoms with Crippen LogP contribution in [0.4, 0.5) is 8.78 Å². The molecule has 0 saturated heterocycles. The molecule has 0 aromatic carbocycles. The van der Waals surface area contributed by atoms with Crippen LogP contribution >= 0.6 is 0 Å². The Hall–Kier alpha value is -0.910. The summed E-state index contributed by atoms with van der Waals surface area (Å²) in [5, 5.41) is 6.02. The maximum absolute atomic E-state index is 11.6. The van der Waals surface area contributed by atoms with Gasteiger partial charge in [0.1, 0.15) is 6.61 Å². The molecule has 6 heteroatoms. The molecule has 0 saturated carbocycles. The van der Waals surface area contributed by atoms with E-state index < -0.39 is 13.0 Å². The molecule has 1 aliphatic rings. The number of aliphatic imine (C=N–C) groups is 1. The third-order valence-corrected chi connectivity index (χ3v) is 1.68. The van der Waals surface area contributed by atoms with E-state index >= 15 is 0 Å². The molecule has 14 heavy (non-hydrogen) atoms. The number of hydrogen-bond donors (Lipinski definition) is 2. The van der Waals surface area contributed by atoms with Crippen molar-refractivity contribution in [3.63, 3.8) is 0 Å². The normalized spacial score (nSPS) is 16.4. The van der Waals surface area contributed by atoms with Crippen LogP contribution in [0.2, 0.25) is 0 Å². The lowest BCUT2D eigenvalue weighted by atomic mass is 10.4. The number of guanidine groups is 1. The molecular formula is C8H15F2N3O. The molecule has 0 radical (unpaired) electrons. The minimum atomic E-state index is -2.39. The van der Waals surface area contributed by atoms with E-state index in [1.807, 2.05) is 0 Å². The van der Waals surface area contributed by atoms with Crippen molar-refractivity contribution < 1.29 is 13.5 Å². The first kappa shape index (κ1) is 11.2. The SMILES string of the molecule is FC(F)COCCNC1=NCCCN1. The van der Waals surface area contributed by atoms with Crippen molar-refractivity contribution in [3.05, 3.63) is 0 Å². The molecule has 0 aromatic heterocycles. The van der Waals surface area contributed by atoms with Gasteiger partial charge in [0.25, 0.3) is 6.43 Å². The maximum atomic E-state index is 11.6. The predicted octanol–water partition coefficient (Wildman–Crippen LogP) is 0.207. The van der Waals surface area contributed by atoms with E-state index in [9.17, 15) is 8.78 Å².